The summed E-state index contributed by atoms with van der Waals surface area (Å²) >= 11 is 0. The van der Waals surface area contributed by atoms with Gasteiger partial charge < -0.3 is 25.6 Å². The molecule has 0 bridgehead atoms. The van der Waals surface area contributed by atoms with Gasteiger partial charge in [0.25, 0.3) is 17.4 Å². The van der Waals surface area contributed by atoms with E-state index in [-0.39, 0.29) is 41.6 Å². The van der Waals surface area contributed by atoms with Gasteiger partial charge in [-0.25, -0.2) is 13.8 Å². The first-order valence-corrected chi connectivity index (χ1v) is 11.5. The van der Waals surface area contributed by atoms with Crippen molar-refractivity contribution in [1.82, 2.24) is 24.5 Å². The fourth-order valence-corrected chi connectivity index (χ4v) is 4.84. The quantitative estimate of drug-likeness (QED) is 0.421. The number of aliphatic hydroxyl groups is 1. The Kier molecular flexibility index (Phi) is 5.50. The number of aromatic nitrogens is 4. The van der Waals surface area contributed by atoms with Crippen LogP contribution in [0.1, 0.15) is 55.4 Å². The van der Waals surface area contributed by atoms with Crippen LogP contribution in [0, 0.1) is 0 Å². The summed E-state index contributed by atoms with van der Waals surface area (Å²) in [5, 5.41) is 23.6. The van der Waals surface area contributed by atoms with Crippen LogP contribution in [0.5, 0.6) is 0 Å². The zero-order valence-corrected chi connectivity index (χ0v) is 19.4. The molecule has 2 aliphatic rings. The van der Waals surface area contributed by atoms with E-state index in [2.05, 4.69) is 26.0 Å². The van der Waals surface area contributed by atoms with Gasteiger partial charge in [-0.2, -0.15) is 9.61 Å². The van der Waals surface area contributed by atoms with E-state index in [1.807, 2.05) is 0 Å². The predicted molar refractivity (Wildman–Crippen MR) is 125 cm³/mol. The van der Waals surface area contributed by atoms with Crippen LogP contribution in [0.3, 0.4) is 0 Å². The topological polar surface area (TPSA) is 126 Å². The van der Waals surface area contributed by atoms with Gasteiger partial charge in [-0.05, 0) is 38.3 Å². The Morgan fingerprint density at radius 3 is 2.74 bits per heavy atom. The number of fused-ring (bicyclic) bond motifs is 1. The number of alkyl halides is 2. The lowest BCUT2D eigenvalue weighted by Crippen LogP contribution is -2.47. The average Bonchev–Trinajstić information content (AvgIpc) is 3.35. The molecule has 35 heavy (non-hydrogen) atoms. The van der Waals surface area contributed by atoms with E-state index < -0.39 is 29.0 Å². The molecule has 5 rings (SSSR count). The Bertz CT molecular complexity index is 1340. The first-order chi connectivity index (χ1) is 16.6. The maximum atomic E-state index is 13.3. The van der Waals surface area contributed by atoms with E-state index in [0.717, 1.165) is 6.42 Å². The number of nitrogens with zero attached hydrogens (tertiary/aromatic N) is 4. The molecule has 0 saturated heterocycles. The van der Waals surface area contributed by atoms with Crippen molar-refractivity contribution in [3.8, 4) is 0 Å². The van der Waals surface area contributed by atoms with Crippen LogP contribution in [0.25, 0.3) is 5.65 Å². The number of carbonyl (C=O) groups is 1. The molecular formula is C23H27F2N7O3. The molecule has 2 saturated carbocycles. The number of pyridine rings is 1. The smallest absolute Gasteiger partial charge is 0.274 e. The summed E-state index contributed by atoms with van der Waals surface area (Å²) in [6.45, 7) is 1.71. The van der Waals surface area contributed by atoms with Crippen molar-refractivity contribution < 1.29 is 18.7 Å². The number of anilines is 3. The van der Waals surface area contributed by atoms with Gasteiger partial charge >= 0.3 is 0 Å². The van der Waals surface area contributed by atoms with E-state index in [9.17, 15) is 23.5 Å². The highest BCUT2D eigenvalue weighted by atomic mass is 19.3. The maximum absolute atomic E-state index is 13.3. The van der Waals surface area contributed by atoms with Crippen molar-refractivity contribution in [2.45, 2.75) is 62.6 Å². The lowest BCUT2D eigenvalue weighted by molar-refractivity contribution is -0.104. The van der Waals surface area contributed by atoms with Crippen LogP contribution < -0.4 is 21.5 Å². The van der Waals surface area contributed by atoms with Crippen molar-refractivity contribution in [3.05, 3.63) is 46.5 Å². The molecule has 1 amide bonds. The van der Waals surface area contributed by atoms with E-state index in [1.54, 1.807) is 32.2 Å². The summed E-state index contributed by atoms with van der Waals surface area (Å²) in [4.78, 5) is 30.5. The molecule has 186 valence electrons. The number of hydrogen-bond acceptors (Lipinski definition) is 7. The fourth-order valence-electron chi connectivity index (χ4n) is 4.84. The van der Waals surface area contributed by atoms with Crippen molar-refractivity contribution in [3.63, 3.8) is 0 Å². The van der Waals surface area contributed by atoms with Gasteiger partial charge in [0.05, 0.1) is 17.8 Å². The molecule has 10 nitrogen and oxygen atoms in total. The first-order valence-electron chi connectivity index (χ1n) is 11.5. The Labute approximate surface area is 199 Å². The number of halogens is 2. The maximum Gasteiger partial charge on any atom is 0.274 e. The number of amides is 1. The van der Waals surface area contributed by atoms with Crippen LogP contribution in [0.4, 0.5) is 26.1 Å². The molecule has 12 heteroatoms. The van der Waals surface area contributed by atoms with E-state index >= 15 is 0 Å². The van der Waals surface area contributed by atoms with Crippen molar-refractivity contribution >= 4 is 28.9 Å². The first kappa shape index (κ1) is 23.2. The van der Waals surface area contributed by atoms with E-state index in [1.165, 1.54) is 21.5 Å². The summed E-state index contributed by atoms with van der Waals surface area (Å²) in [5.74, 6) is -2.36. The van der Waals surface area contributed by atoms with Gasteiger partial charge in [0.2, 0.25) is 0 Å². The van der Waals surface area contributed by atoms with Gasteiger partial charge in [0.15, 0.2) is 5.65 Å². The van der Waals surface area contributed by atoms with Gasteiger partial charge in [-0.1, -0.05) is 0 Å². The standard InChI is InChI=1S/C23H27F2N7O3/c1-22(35)7-3-6-16(22)29-20(33)14-12-27-32-18(26-2)9-17(30-19(14)32)28-15-5-4-8-31(21(15)34)13-10-23(24,25)11-13/h4-5,8-9,12-13,16,26,35H,3,6-7,10-11H2,1-2H3,(H,28,30)(H,29,33)/t16-,22-/m1/s1. The molecule has 0 unspecified atom stereocenters. The van der Waals surface area contributed by atoms with E-state index in [0.29, 0.717) is 18.7 Å². The molecule has 2 atom stereocenters. The second-order valence-electron chi connectivity index (χ2n) is 9.52. The molecule has 0 aromatic carbocycles. The Morgan fingerprint density at radius 2 is 2.09 bits per heavy atom. The minimum atomic E-state index is -2.74. The molecule has 3 aromatic rings. The van der Waals surface area contributed by atoms with Gasteiger partial charge in [0, 0.05) is 38.2 Å². The SMILES string of the molecule is CNc1cc(Nc2cccn(C3CC(F)(F)C3)c2=O)nc2c(C(=O)N[C@@H]3CCC[C@@]3(C)O)cnn12. The second-order valence-corrected chi connectivity index (χ2v) is 9.52. The molecule has 0 spiro atoms. The summed E-state index contributed by atoms with van der Waals surface area (Å²) in [6, 6.07) is 3.85. The van der Waals surface area contributed by atoms with Crippen molar-refractivity contribution in [2.75, 3.05) is 17.7 Å². The monoisotopic (exact) mass is 487 g/mol. The molecule has 2 fully saturated rings. The normalized spacial score (nSPS) is 23.7. The lowest BCUT2D eigenvalue weighted by Gasteiger charge is -2.36. The highest BCUT2D eigenvalue weighted by Gasteiger charge is 2.46. The summed E-state index contributed by atoms with van der Waals surface area (Å²) in [5.41, 5.74) is -0.767. The Hall–Kier alpha value is -3.54. The van der Waals surface area contributed by atoms with Gasteiger partial charge in [-0.15, -0.1) is 0 Å². The third-order valence-corrected chi connectivity index (χ3v) is 6.90. The molecular weight excluding hydrogens is 460 g/mol. The van der Waals surface area contributed by atoms with Crippen LogP contribution in [0.15, 0.2) is 35.4 Å². The van der Waals surface area contributed by atoms with E-state index in [4.69, 9.17) is 0 Å². The van der Waals surface area contributed by atoms with Crippen LogP contribution in [0.2, 0.25) is 0 Å². The van der Waals surface area contributed by atoms with Crippen molar-refractivity contribution in [2.24, 2.45) is 0 Å². The molecule has 0 radical (unpaired) electrons. The summed E-state index contributed by atoms with van der Waals surface area (Å²) < 4.78 is 29.4. The molecule has 0 aliphatic heterocycles. The lowest BCUT2D eigenvalue weighted by atomic mass is 9.88. The minimum Gasteiger partial charge on any atom is -0.388 e. The second kappa shape index (κ2) is 8.29. The zero-order chi connectivity index (χ0) is 25.0. The highest BCUT2D eigenvalue weighted by Crippen LogP contribution is 2.44. The summed E-state index contributed by atoms with van der Waals surface area (Å²) in [7, 11) is 1.68. The van der Waals surface area contributed by atoms with Crippen LogP contribution >= 0.6 is 0 Å². The number of carbonyl (C=O) groups excluding carboxylic acids is 1. The number of rotatable bonds is 6. The number of nitrogens with one attached hydrogen (secondary N) is 3. The zero-order valence-electron chi connectivity index (χ0n) is 19.4. The molecule has 3 heterocycles. The predicted octanol–water partition coefficient (Wildman–Crippen LogP) is 2.68. The average molecular weight is 488 g/mol. The van der Waals surface area contributed by atoms with Gasteiger partial charge in [-0.3, -0.25) is 9.59 Å². The minimum absolute atomic E-state index is 0.175. The van der Waals surface area contributed by atoms with Crippen molar-refractivity contribution in [1.29, 1.82) is 0 Å². The van der Waals surface area contributed by atoms with Gasteiger partial charge in [0.1, 0.15) is 22.9 Å². The highest BCUT2D eigenvalue weighted by molar-refractivity contribution is 6.00. The molecule has 3 aromatic heterocycles. The fraction of sp³-hybridized carbons (Fsp3) is 0.478. The molecule has 2 aliphatic carbocycles. The van der Waals surface area contributed by atoms with Crippen LogP contribution in [-0.4, -0.2) is 54.8 Å². The molecule has 4 N–H and O–H groups in total. The largest absolute Gasteiger partial charge is 0.388 e. The third kappa shape index (κ3) is 4.22. The van der Waals surface area contributed by atoms with Crippen LogP contribution in [-0.2, 0) is 0 Å². The number of hydrogen-bond donors (Lipinski definition) is 4. The summed E-state index contributed by atoms with van der Waals surface area (Å²) in [6.07, 6.45) is 4.26. The Morgan fingerprint density at radius 1 is 1.31 bits per heavy atom. The third-order valence-electron chi connectivity index (χ3n) is 6.90. The Balaban J connectivity index is 1.45.